The van der Waals surface area contributed by atoms with Gasteiger partial charge in [0, 0.05) is 0 Å². The number of rotatable bonds is 2. The van der Waals surface area contributed by atoms with Crippen LogP contribution in [0.3, 0.4) is 0 Å². The number of carbonyl (C=O) groups is 1. The normalized spacial score (nSPS) is 13.6. The zero-order valence-corrected chi connectivity index (χ0v) is 8.41. The molecule has 0 saturated carbocycles. The first kappa shape index (κ1) is 11.6. The average molecular weight is 248 g/mol. The van der Waals surface area contributed by atoms with Crippen molar-refractivity contribution in [3.8, 4) is 11.5 Å². The average Bonchev–Trinajstić information content (AvgIpc) is 2.71. The molecule has 0 saturated heterocycles. The van der Waals surface area contributed by atoms with Crippen LogP contribution in [0.15, 0.2) is 18.2 Å². The van der Waals surface area contributed by atoms with Gasteiger partial charge in [0.05, 0.1) is 0 Å². The van der Waals surface area contributed by atoms with Crippen molar-refractivity contribution in [2.75, 3.05) is 6.79 Å². The third-order valence-corrected chi connectivity index (χ3v) is 2.04. The molecular weight excluding hydrogens is 241 g/mol. The molecular formula is C10H7F3O4. The second kappa shape index (κ2) is 4.15. The molecule has 0 atom stereocenters. The maximum absolute atomic E-state index is 11.9. The molecule has 0 aromatic heterocycles. The predicted octanol–water partition coefficient (Wildman–Crippen LogP) is 2.02. The molecule has 1 aromatic carbocycles. The van der Waals surface area contributed by atoms with Crippen molar-refractivity contribution in [2.45, 2.75) is 12.8 Å². The van der Waals surface area contributed by atoms with Crippen LogP contribution in [0.25, 0.3) is 0 Å². The number of hydrogen-bond acceptors (Lipinski definition) is 4. The van der Waals surface area contributed by atoms with Crippen molar-refractivity contribution in [2.24, 2.45) is 0 Å². The highest BCUT2D eigenvalue weighted by Gasteiger charge is 2.40. The number of hydrogen-bond donors (Lipinski definition) is 0. The molecule has 1 aromatic rings. The molecule has 17 heavy (non-hydrogen) atoms. The zero-order chi connectivity index (χ0) is 12.5. The summed E-state index contributed by atoms with van der Waals surface area (Å²) in [6.45, 7) is -0.393. The zero-order valence-electron chi connectivity index (χ0n) is 8.41. The van der Waals surface area contributed by atoms with Gasteiger partial charge in [0.1, 0.15) is 6.61 Å². The fraction of sp³-hybridized carbons (Fsp3) is 0.300. The Balaban J connectivity index is 1.98. The highest BCUT2D eigenvalue weighted by molar-refractivity contribution is 5.75. The molecule has 0 fully saturated rings. The van der Waals surface area contributed by atoms with Crippen LogP contribution in [0.1, 0.15) is 5.56 Å². The molecule has 1 heterocycles. The van der Waals surface area contributed by atoms with E-state index in [1.807, 2.05) is 0 Å². The molecule has 0 spiro atoms. The Kier molecular flexibility index (Phi) is 2.83. The first-order valence-electron chi connectivity index (χ1n) is 4.59. The summed E-state index contributed by atoms with van der Waals surface area (Å²) in [6.07, 6.45) is -4.98. The second-order valence-corrected chi connectivity index (χ2v) is 3.26. The minimum atomic E-state index is -4.98. The topological polar surface area (TPSA) is 44.8 Å². The molecule has 2 rings (SSSR count). The number of alkyl halides is 3. The Hall–Kier alpha value is -1.92. The van der Waals surface area contributed by atoms with E-state index in [1.54, 1.807) is 6.07 Å². The van der Waals surface area contributed by atoms with E-state index in [4.69, 9.17) is 9.47 Å². The third kappa shape index (κ3) is 2.61. The summed E-state index contributed by atoms with van der Waals surface area (Å²) in [6, 6.07) is 4.50. The molecule has 0 N–H and O–H groups in total. The number of carbonyl (C=O) groups excluding carboxylic acids is 1. The monoisotopic (exact) mass is 248 g/mol. The van der Waals surface area contributed by atoms with Gasteiger partial charge < -0.3 is 14.2 Å². The van der Waals surface area contributed by atoms with Gasteiger partial charge in [0.2, 0.25) is 6.79 Å². The van der Waals surface area contributed by atoms with Gasteiger partial charge in [-0.25, -0.2) is 4.79 Å². The quantitative estimate of drug-likeness (QED) is 0.751. The fourth-order valence-electron chi connectivity index (χ4n) is 1.26. The standard InChI is InChI=1S/C10H7F3O4/c11-10(12,13)9(14)15-4-6-1-2-7-8(3-6)17-5-16-7/h1-3H,4-5H2. The molecule has 0 aliphatic carbocycles. The first-order chi connectivity index (χ1) is 7.97. The van der Waals surface area contributed by atoms with Crippen LogP contribution in [0.2, 0.25) is 0 Å². The van der Waals surface area contributed by atoms with Crippen LogP contribution in [0, 0.1) is 0 Å². The van der Waals surface area contributed by atoms with Crippen LogP contribution in [0.4, 0.5) is 13.2 Å². The molecule has 0 amide bonds. The summed E-state index contributed by atoms with van der Waals surface area (Å²) in [4.78, 5) is 10.5. The summed E-state index contributed by atoms with van der Waals surface area (Å²) in [5.74, 6) is -1.28. The van der Waals surface area contributed by atoms with Crippen LogP contribution in [-0.4, -0.2) is 18.9 Å². The van der Waals surface area contributed by atoms with Crippen molar-refractivity contribution < 1.29 is 32.2 Å². The molecule has 0 radical (unpaired) electrons. The van der Waals surface area contributed by atoms with Gasteiger partial charge in [-0.15, -0.1) is 0 Å². The molecule has 0 bridgehead atoms. The van der Waals surface area contributed by atoms with Crippen molar-refractivity contribution in [3.63, 3.8) is 0 Å². The number of ether oxygens (including phenoxy) is 3. The summed E-state index contributed by atoms with van der Waals surface area (Å²) in [5, 5.41) is 0. The van der Waals surface area contributed by atoms with E-state index in [-0.39, 0.29) is 6.79 Å². The van der Waals surface area contributed by atoms with Gasteiger partial charge >= 0.3 is 12.1 Å². The van der Waals surface area contributed by atoms with Crippen molar-refractivity contribution in [1.82, 2.24) is 0 Å². The highest BCUT2D eigenvalue weighted by Crippen LogP contribution is 2.32. The van der Waals surface area contributed by atoms with Gasteiger partial charge in [-0.2, -0.15) is 13.2 Å². The summed E-state index contributed by atoms with van der Waals surface area (Å²) in [7, 11) is 0. The van der Waals surface area contributed by atoms with Crippen LogP contribution >= 0.6 is 0 Å². The maximum Gasteiger partial charge on any atom is 0.490 e. The summed E-state index contributed by atoms with van der Waals surface area (Å²) < 4.78 is 49.7. The minimum Gasteiger partial charge on any atom is -0.454 e. The minimum absolute atomic E-state index is 0.0706. The SMILES string of the molecule is O=C(OCc1ccc2c(c1)OCO2)C(F)(F)F. The van der Waals surface area contributed by atoms with Gasteiger partial charge in [-0.3, -0.25) is 0 Å². The van der Waals surface area contributed by atoms with E-state index in [2.05, 4.69) is 4.74 Å². The molecule has 4 nitrogen and oxygen atoms in total. The van der Waals surface area contributed by atoms with Gasteiger partial charge in [0.15, 0.2) is 11.5 Å². The van der Waals surface area contributed by atoms with E-state index < -0.39 is 18.8 Å². The lowest BCUT2D eigenvalue weighted by molar-refractivity contribution is -0.201. The highest BCUT2D eigenvalue weighted by atomic mass is 19.4. The molecule has 1 aliphatic rings. The lowest BCUT2D eigenvalue weighted by Crippen LogP contribution is -2.25. The van der Waals surface area contributed by atoms with E-state index in [0.717, 1.165) is 0 Å². The Bertz CT molecular complexity index is 442. The van der Waals surface area contributed by atoms with Crippen LogP contribution < -0.4 is 9.47 Å². The molecule has 7 heteroatoms. The van der Waals surface area contributed by atoms with Crippen molar-refractivity contribution >= 4 is 5.97 Å². The van der Waals surface area contributed by atoms with E-state index in [0.29, 0.717) is 17.1 Å². The number of esters is 1. The lowest BCUT2D eigenvalue weighted by Gasteiger charge is -2.07. The summed E-state index contributed by atoms with van der Waals surface area (Å²) in [5.41, 5.74) is 0.395. The van der Waals surface area contributed by atoms with Crippen molar-refractivity contribution in [3.05, 3.63) is 23.8 Å². The largest absolute Gasteiger partial charge is 0.490 e. The number of benzene rings is 1. The predicted molar refractivity (Wildman–Crippen MR) is 48.4 cm³/mol. The summed E-state index contributed by atoms with van der Waals surface area (Å²) >= 11 is 0. The van der Waals surface area contributed by atoms with E-state index >= 15 is 0 Å². The lowest BCUT2D eigenvalue weighted by atomic mass is 10.2. The Morgan fingerprint density at radius 3 is 2.71 bits per heavy atom. The van der Waals surface area contributed by atoms with Crippen LogP contribution in [0.5, 0.6) is 11.5 Å². The van der Waals surface area contributed by atoms with E-state index in [1.165, 1.54) is 12.1 Å². The Labute approximate surface area is 93.9 Å². The molecule has 0 unspecified atom stereocenters. The van der Waals surface area contributed by atoms with Gasteiger partial charge in [-0.1, -0.05) is 6.07 Å². The van der Waals surface area contributed by atoms with Crippen LogP contribution in [-0.2, 0) is 16.1 Å². The molecule has 1 aliphatic heterocycles. The number of halogens is 3. The maximum atomic E-state index is 11.9. The van der Waals surface area contributed by atoms with Crippen molar-refractivity contribution in [1.29, 1.82) is 0 Å². The molecule has 92 valence electrons. The Morgan fingerprint density at radius 2 is 2.00 bits per heavy atom. The Morgan fingerprint density at radius 1 is 1.29 bits per heavy atom. The van der Waals surface area contributed by atoms with E-state index in [9.17, 15) is 18.0 Å². The fourth-order valence-corrected chi connectivity index (χ4v) is 1.26. The smallest absolute Gasteiger partial charge is 0.454 e. The second-order valence-electron chi connectivity index (χ2n) is 3.26. The van der Waals surface area contributed by atoms with Gasteiger partial charge in [-0.05, 0) is 17.7 Å². The number of fused-ring (bicyclic) bond motifs is 1. The van der Waals surface area contributed by atoms with Gasteiger partial charge in [0.25, 0.3) is 0 Å². The first-order valence-corrected chi connectivity index (χ1v) is 4.59. The third-order valence-electron chi connectivity index (χ3n) is 2.04.